The molecule has 0 aliphatic carbocycles. The van der Waals surface area contributed by atoms with Crippen molar-refractivity contribution in [2.24, 2.45) is 11.1 Å². The van der Waals surface area contributed by atoms with Gasteiger partial charge in [0.25, 0.3) is 0 Å². The van der Waals surface area contributed by atoms with Crippen LogP contribution in [0.3, 0.4) is 0 Å². The highest BCUT2D eigenvalue weighted by Gasteiger charge is 2.24. The SMILES string of the molecule is CC(C)(CNc1ccc(N)c2ncccc12)C(N)=O. The number of carbonyl (C=O) groups is 1. The number of primary amides is 1. The zero-order chi connectivity index (χ0) is 14.0. The molecule has 1 amide bonds. The number of rotatable bonds is 4. The van der Waals surface area contributed by atoms with E-state index < -0.39 is 5.41 Å². The first-order chi connectivity index (χ1) is 8.92. The van der Waals surface area contributed by atoms with Crippen LogP contribution in [0.2, 0.25) is 0 Å². The Morgan fingerprint density at radius 3 is 2.79 bits per heavy atom. The maximum absolute atomic E-state index is 11.3. The Bertz CT molecular complexity index is 622. The van der Waals surface area contributed by atoms with E-state index in [1.54, 1.807) is 26.1 Å². The molecular formula is C14H18N4O. The van der Waals surface area contributed by atoms with Crippen molar-refractivity contribution in [2.75, 3.05) is 17.6 Å². The molecule has 0 fully saturated rings. The van der Waals surface area contributed by atoms with Gasteiger partial charge in [-0.2, -0.15) is 0 Å². The van der Waals surface area contributed by atoms with Gasteiger partial charge in [0.1, 0.15) is 0 Å². The summed E-state index contributed by atoms with van der Waals surface area (Å²) in [6.45, 7) is 4.07. The quantitative estimate of drug-likeness (QED) is 0.728. The number of amides is 1. The lowest BCUT2D eigenvalue weighted by molar-refractivity contribution is -0.125. The summed E-state index contributed by atoms with van der Waals surface area (Å²) in [7, 11) is 0. The monoisotopic (exact) mass is 258 g/mol. The second-order valence-electron chi connectivity index (χ2n) is 5.20. The maximum atomic E-state index is 11.3. The van der Waals surface area contributed by atoms with E-state index in [1.165, 1.54) is 0 Å². The van der Waals surface area contributed by atoms with Crippen molar-refractivity contribution in [1.82, 2.24) is 4.98 Å². The molecule has 2 rings (SSSR count). The Morgan fingerprint density at radius 2 is 2.11 bits per heavy atom. The Hall–Kier alpha value is -2.30. The van der Waals surface area contributed by atoms with Crippen LogP contribution >= 0.6 is 0 Å². The lowest BCUT2D eigenvalue weighted by Gasteiger charge is -2.22. The highest BCUT2D eigenvalue weighted by molar-refractivity contribution is 5.98. The molecule has 1 heterocycles. The third-order valence-corrected chi connectivity index (χ3v) is 3.19. The minimum absolute atomic E-state index is 0.335. The topological polar surface area (TPSA) is 94.0 Å². The molecule has 1 aromatic heterocycles. The van der Waals surface area contributed by atoms with Crippen LogP contribution in [0.15, 0.2) is 30.5 Å². The third-order valence-electron chi connectivity index (χ3n) is 3.19. The number of nitrogens with one attached hydrogen (secondary N) is 1. The fourth-order valence-corrected chi connectivity index (χ4v) is 1.75. The number of carbonyl (C=O) groups excluding carboxylic acids is 1. The molecule has 19 heavy (non-hydrogen) atoms. The predicted molar refractivity (Wildman–Crippen MR) is 77.6 cm³/mol. The fourth-order valence-electron chi connectivity index (χ4n) is 1.75. The molecule has 0 radical (unpaired) electrons. The highest BCUT2D eigenvalue weighted by atomic mass is 16.1. The van der Waals surface area contributed by atoms with Crippen molar-refractivity contribution in [3.8, 4) is 0 Å². The summed E-state index contributed by atoms with van der Waals surface area (Å²) in [5, 5.41) is 4.17. The molecule has 5 nitrogen and oxygen atoms in total. The van der Waals surface area contributed by atoms with E-state index in [-0.39, 0.29) is 5.91 Å². The minimum Gasteiger partial charge on any atom is -0.397 e. The summed E-state index contributed by atoms with van der Waals surface area (Å²) < 4.78 is 0. The lowest BCUT2D eigenvalue weighted by atomic mass is 9.92. The number of nitrogens with two attached hydrogens (primary N) is 2. The molecule has 0 spiro atoms. The van der Waals surface area contributed by atoms with Crippen molar-refractivity contribution in [3.05, 3.63) is 30.5 Å². The summed E-state index contributed by atoms with van der Waals surface area (Å²) in [5.74, 6) is -0.335. The number of nitrogen functional groups attached to an aromatic ring is 1. The fraction of sp³-hybridized carbons (Fsp3) is 0.286. The first kappa shape index (κ1) is 13.1. The summed E-state index contributed by atoms with van der Waals surface area (Å²) in [5.41, 5.74) is 12.9. The van der Waals surface area contributed by atoms with Gasteiger partial charge in [0.15, 0.2) is 0 Å². The number of fused-ring (bicyclic) bond motifs is 1. The number of aromatic nitrogens is 1. The molecule has 0 aliphatic rings. The minimum atomic E-state index is -0.615. The van der Waals surface area contributed by atoms with Crippen LogP contribution in [0.1, 0.15) is 13.8 Å². The van der Waals surface area contributed by atoms with Gasteiger partial charge >= 0.3 is 0 Å². The van der Waals surface area contributed by atoms with Gasteiger partial charge in [0.2, 0.25) is 5.91 Å². The summed E-state index contributed by atoms with van der Waals surface area (Å²) >= 11 is 0. The first-order valence-corrected chi connectivity index (χ1v) is 6.09. The van der Waals surface area contributed by atoms with Crippen molar-refractivity contribution in [1.29, 1.82) is 0 Å². The molecule has 5 heteroatoms. The average Bonchev–Trinajstić information content (AvgIpc) is 2.38. The second kappa shape index (κ2) is 4.76. The maximum Gasteiger partial charge on any atom is 0.224 e. The van der Waals surface area contributed by atoms with Gasteiger partial charge in [0, 0.05) is 23.8 Å². The Kier molecular flexibility index (Phi) is 3.29. The molecule has 0 saturated carbocycles. The third kappa shape index (κ3) is 2.59. The number of hydrogen-bond donors (Lipinski definition) is 3. The van der Waals surface area contributed by atoms with Gasteiger partial charge in [-0.15, -0.1) is 0 Å². The molecule has 0 atom stereocenters. The summed E-state index contributed by atoms with van der Waals surface area (Å²) in [6.07, 6.45) is 1.70. The Labute approximate surface area is 112 Å². The van der Waals surface area contributed by atoms with Crippen LogP contribution in [-0.2, 0) is 4.79 Å². The zero-order valence-electron chi connectivity index (χ0n) is 11.1. The van der Waals surface area contributed by atoms with E-state index in [0.717, 1.165) is 16.6 Å². The van der Waals surface area contributed by atoms with Gasteiger partial charge < -0.3 is 16.8 Å². The van der Waals surface area contributed by atoms with E-state index in [0.29, 0.717) is 12.2 Å². The lowest BCUT2D eigenvalue weighted by Crippen LogP contribution is -2.37. The van der Waals surface area contributed by atoms with Gasteiger partial charge in [-0.3, -0.25) is 9.78 Å². The molecule has 1 aromatic carbocycles. The van der Waals surface area contributed by atoms with Gasteiger partial charge in [-0.25, -0.2) is 0 Å². The molecular weight excluding hydrogens is 240 g/mol. The van der Waals surface area contributed by atoms with E-state index in [4.69, 9.17) is 11.5 Å². The average molecular weight is 258 g/mol. The first-order valence-electron chi connectivity index (χ1n) is 6.09. The molecule has 0 unspecified atom stereocenters. The molecule has 0 saturated heterocycles. The molecule has 2 aromatic rings. The number of benzene rings is 1. The smallest absolute Gasteiger partial charge is 0.224 e. The van der Waals surface area contributed by atoms with Gasteiger partial charge in [-0.05, 0) is 38.1 Å². The highest BCUT2D eigenvalue weighted by Crippen LogP contribution is 2.27. The van der Waals surface area contributed by atoms with E-state index in [1.807, 2.05) is 18.2 Å². The van der Waals surface area contributed by atoms with Crippen molar-refractivity contribution in [2.45, 2.75) is 13.8 Å². The van der Waals surface area contributed by atoms with Crippen LogP contribution in [-0.4, -0.2) is 17.4 Å². The standard InChI is InChI=1S/C14H18N4O/c1-14(2,13(16)19)8-18-11-6-5-10(15)12-9(11)4-3-7-17-12/h3-7,18H,8,15H2,1-2H3,(H2,16,19). The molecule has 100 valence electrons. The van der Waals surface area contributed by atoms with E-state index in [9.17, 15) is 4.79 Å². The van der Waals surface area contributed by atoms with Crippen molar-refractivity contribution < 1.29 is 4.79 Å². The number of pyridine rings is 1. The van der Waals surface area contributed by atoms with E-state index in [2.05, 4.69) is 10.3 Å². The number of anilines is 2. The molecule has 0 bridgehead atoms. The van der Waals surface area contributed by atoms with Crippen LogP contribution in [0, 0.1) is 5.41 Å². The normalized spacial score (nSPS) is 11.5. The largest absolute Gasteiger partial charge is 0.397 e. The summed E-state index contributed by atoms with van der Waals surface area (Å²) in [4.78, 5) is 15.6. The van der Waals surface area contributed by atoms with Gasteiger partial charge in [0.05, 0.1) is 16.6 Å². The summed E-state index contributed by atoms with van der Waals surface area (Å²) in [6, 6.07) is 7.48. The number of hydrogen-bond acceptors (Lipinski definition) is 4. The second-order valence-corrected chi connectivity index (χ2v) is 5.20. The van der Waals surface area contributed by atoms with E-state index >= 15 is 0 Å². The van der Waals surface area contributed by atoms with Crippen LogP contribution in [0.5, 0.6) is 0 Å². The Morgan fingerprint density at radius 1 is 1.37 bits per heavy atom. The molecule has 5 N–H and O–H groups in total. The predicted octanol–water partition coefficient (Wildman–Crippen LogP) is 1.74. The molecule has 0 aliphatic heterocycles. The number of nitrogens with zero attached hydrogens (tertiary/aromatic N) is 1. The van der Waals surface area contributed by atoms with Crippen LogP contribution in [0.4, 0.5) is 11.4 Å². The van der Waals surface area contributed by atoms with Crippen LogP contribution < -0.4 is 16.8 Å². The van der Waals surface area contributed by atoms with Crippen molar-refractivity contribution in [3.63, 3.8) is 0 Å². The van der Waals surface area contributed by atoms with Gasteiger partial charge in [-0.1, -0.05) is 0 Å². The Balaban J connectivity index is 2.32. The van der Waals surface area contributed by atoms with Crippen molar-refractivity contribution >= 4 is 28.2 Å². The van der Waals surface area contributed by atoms with Crippen LogP contribution in [0.25, 0.3) is 10.9 Å². The zero-order valence-corrected chi connectivity index (χ0v) is 11.1.